The summed E-state index contributed by atoms with van der Waals surface area (Å²) in [5, 5.41) is 26.0. The molecule has 0 amide bonds. The Bertz CT molecular complexity index is 2740. The number of carbonyl (C=O) groups is 2. The van der Waals surface area contributed by atoms with Crippen LogP contribution in [0.25, 0.3) is 11.1 Å². The van der Waals surface area contributed by atoms with E-state index in [4.69, 9.17) is 51.6 Å². The third-order valence-electron chi connectivity index (χ3n) is 11.8. The van der Waals surface area contributed by atoms with Gasteiger partial charge < -0.3 is 39.1 Å². The molecule has 4 aromatic carbocycles. The topological polar surface area (TPSA) is 187 Å². The molecule has 2 aliphatic heterocycles. The molecule has 0 saturated carbocycles. The maximum Gasteiger partial charge on any atom is 0.323 e. The van der Waals surface area contributed by atoms with Gasteiger partial charge in [0.1, 0.15) is 73.6 Å². The lowest BCUT2D eigenvalue weighted by atomic mass is 9.92. The van der Waals surface area contributed by atoms with Crippen molar-refractivity contribution in [1.29, 1.82) is 10.5 Å². The van der Waals surface area contributed by atoms with Crippen LogP contribution in [-0.2, 0) is 58.6 Å². The van der Waals surface area contributed by atoms with E-state index in [1.165, 1.54) is 12.4 Å². The van der Waals surface area contributed by atoms with Crippen LogP contribution in [0.2, 0.25) is 10.0 Å². The van der Waals surface area contributed by atoms with Crippen LogP contribution in [0.15, 0.2) is 97.6 Å². The fourth-order valence-corrected chi connectivity index (χ4v) is 8.38. The van der Waals surface area contributed by atoms with Gasteiger partial charge >= 0.3 is 11.9 Å². The summed E-state index contributed by atoms with van der Waals surface area (Å²) < 4.78 is 35.6. The SMILES string of the molecule is Cc1c(COc2cc(OCc3cncc(C#N)c3)c(CN[C@@H]3CCOC3=O)cc2Cl)cccc1-c1cccc(COc2cc(OCc3cncc(C#N)c3)c(CN[C@@H]3CCOC3=O)cc2Cl)c1C. The molecular weight excluding hydrogens is 908 g/mol. The first-order valence-corrected chi connectivity index (χ1v) is 22.6. The lowest BCUT2D eigenvalue weighted by Crippen LogP contribution is -2.32. The maximum atomic E-state index is 12.2. The lowest BCUT2D eigenvalue weighted by Gasteiger charge is -2.19. The van der Waals surface area contributed by atoms with Gasteiger partial charge in [0.25, 0.3) is 0 Å². The minimum atomic E-state index is -0.434. The number of nitriles is 2. The van der Waals surface area contributed by atoms with Crippen molar-refractivity contribution in [2.45, 2.75) is 78.3 Å². The van der Waals surface area contributed by atoms with Crippen molar-refractivity contribution in [2.75, 3.05) is 13.2 Å². The Kier molecular flexibility index (Phi) is 15.3. The van der Waals surface area contributed by atoms with Crippen molar-refractivity contribution in [3.8, 4) is 46.3 Å². The Balaban J connectivity index is 0.981. The largest absolute Gasteiger partial charge is 0.488 e. The second-order valence-electron chi connectivity index (χ2n) is 16.3. The normalized spacial score (nSPS) is 15.3. The molecule has 2 fully saturated rings. The smallest absolute Gasteiger partial charge is 0.323 e. The number of halogens is 2. The number of cyclic esters (lactones) is 2. The second kappa shape index (κ2) is 22.1. The maximum absolute atomic E-state index is 12.2. The van der Waals surface area contributed by atoms with Gasteiger partial charge in [-0.2, -0.15) is 10.5 Å². The molecular formula is C52H46Cl2N6O8. The van der Waals surface area contributed by atoms with Gasteiger partial charge in [-0.1, -0.05) is 59.6 Å². The zero-order valence-corrected chi connectivity index (χ0v) is 38.8. The minimum absolute atomic E-state index is 0.137. The zero-order valence-electron chi connectivity index (χ0n) is 37.3. The van der Waals surface area contributed by atoms with E-state index in [1.54, 1.807) is 48.8 Å². The van der Waals surface area contributed by atoms with Gasteiger partial charge in [-0.25, -0.2) is 0 Å². The standard InChI is InChI=1S/C52H46Cl2N6O8/c1-31-37(29-67-49-17-47(65-27-35-13-33(19-55)21-57-23-35)39(15-43(49)53)25-59-45-9-11-63-51(45)61)5-3-7-41(31)42-8-4-6-38(32(42)2)30-68-50-18-48(66-28-36-14-34(20-56)22-58-24-36)40(16-44(50)54)26-60-46-10-12-64-52(46)62/h3-8,13-18,21-24,45-46,59-60H,9-12,25-30H2,1-2H3/t45-,46-/m1/s1. The van der Waals surface area contributed by atoms with Crippen molar-refractivity contribution >= 4 is 35.1 Å². The molecule has 2 aromatic heterocycles. The average Bonchev–Trinajstić information content (AvgIpc) is 3.97. The van der Waals surface area contributed by atoms with E-state index in [0.717, 1.165) is 44.5 Å². The van der Waals surface area contributed by atoms with Crippen molar-refractivity contribution in [2.24, 2.45) is 0 Å². The quantitative estimate of drug-likeness (QED) is 0.0733. The molecule has 2 saturated heterocycles. The summed E-state index contributed by atoms with van der Waals surface area (Å²) in [5.41, 5.74) is 9.67. The van der Waals surface area contributed by atoms with E-state index < -0.39 is 12.1 Å². The van der Waals surface area contributed by atoms with Crippen LogP contribution in [0.3, 0.4) is 0 Å². The number of pyridine rings is 2. The highest BCUT2D eigenvalue weighted by molar-refractivity contribution is 6.32. The number of nitrogens with one attached hydrogen (secondary N) is 2. The second-order valence-corrected chi connectivity index (χ2v) is 17.1. The number of hydrogen-bond donors (Lipinski definition) is 2. The van der Waals surface area contributed by atoms with Gasteiger partial charge in [-0.3, -0.25) is 19.6 Å². The van der Waals surface area contributed by atoms with E-state index in [-0.39, 0.29) is 38.4 Å². The van der Waals surface area contributed by atoms with E-state index in [0.29, 0.717) is 94.4 Å². The Hall–Kier alpha value is -7.20. The van der Waals surface area contributed by atoms with Crippen LogP contribution in [0.1, 0.15) is 68.5 Å². The van der Waals surface area contributed by atoms with Crippen molar-refractivity contribution in [3.63, 3.8) is 0 Å². The van der Waals surface area contributed by atoms with Gasteiger partial charge in [0.05, 0.1) is 34.4 Å². The lowest BCUT2D eigenvalue weighted by molar-refractivity contribution is -0.140. The van der Waals surface area contributed by atoms with Crippen LogP contribution in [0, 0.1) is 36.5 Å². The zero-order chi connectivity index (χ0) is 47.6. The summed E-state index contributed by atoms with van der Waals surface area (Å²) in [4.78, 5) is 32.6. The summed E-state index contributed by atoms with van der Waals surface area (Å²) in [7, 11) is 0. The summed E-state index contributed by atoms with van der Waals surface area (Å²) in [6, 6.07) is 25.9. The summed E-state index contributed by atoms with van der Waals surface area (Å²) >= 11 is 13.7. The van der Waals surface area contributed by atoms with Crippen LogP contribution in [-0.4, -0.2) is 47.2 Å². The fourth-order valence-electron chi connectivity index (χ4n) is 7.90. The molecule has 0 radical (unpaired) electrons. The number of ether oxygens (including phenoxy) is 6. The molecule has 4 heterocycles. The van der Waals surface area contributed by atoms with Gasteiger partial charge in [0.15, 0.2) is 0 Å². The number of rotatable bonds is 19. The van der Waals surface area contributed by atoms with Crippen LogP contribution in [0.5, 0.6) is 23.0 Å². The highest BCUT2D eigenvalue weighted by Gasteiger charge is 2.28. The van der Waals surface area contributed by atoms with Gasteiger partial charge in [0, 0.05) is 85.1 Å². The Morgan fingerprint density at radius 1 is 0.588 bits per heavy atom. The first-order chi connectivity index (χ1) is 33.1. The third-order valence-corrected chi connectivity index (χ3v) is 12.4. The number of carbonyl (C=O) groups excluding carboxylic acids is 2. The first kappa shape index (κ1) is 47.3. The number of esters is 2. The van der Waals surface area contributed by atoms with Crippen LogP contribution < -0.4 is 29.6 Å². The Labute approximate surface area is 403 Å². The van der Waals surface area contributed by atoms with E-state index in [9.17, 15) is 20.1 Å². The van der Waals surface area contributed by atoms with Crippen molar-refractivity contribution in [3.05, 3.63) is 163 Å². The molecule has 2 N–H and O–H groups in total. The molecule has 68 heavy (non-hydrogen) atoms. The van der Waals surface area contributed by atoms with Gasteiger partial charge in [-0.15, -0.1) is 0 Å². The summed E-state index contributed by atoms with van der Waals surface area (Å²) in [6.45, 7) is 6.11. The molecule has 0 spiro atoms. The van der Waals surface area contributed by atoms with Crippen molar-refractivity contribution < 1.29 is 38.0 Å². The minimum Gasteiger partial charge on any atom is -0.488 e. The highest BCUT2D eigenvalue weighted by Crippen LogP contribution is 2.38. The Morgan fingerprint density at radius 2 is 1.01 bits per heavy atom. The predicted molar refractivity (Wildman–Crippen MR) is 252 cm³/mol. The fraction of sp³-hybridized carbons (Fsp3) is 0.269. The number of aromatic nitrogens is 2. The number of benzene rings is 4. The number of hydrogen-bond acceptors (Lipinski definition) is 14. The molecule has 0 bridgehead atoms. The molecule has 6 aromatic rings. The molecule has 16 heteroatoms. The summed E-state index contributed by atoms with van der Waals surface area (Å²) in [6.07, 6.45) is 7.38. The van der Waals surface area contributed by atoms with E-state index in [1.807, 2.05) is 24.3 Å². The first-order valence-electron chi connectivity index (χ1n) is 21.9. The average molecular weight is 954 g/mol. The summed E-state index contributed by atoms with van der Waals surface area (Å²) in [5.74, 6) is 1.22. The van der Waals surface area contributed by atoms with E-state index in [2.05, 4.69) is 58.7 Å². The highest BCUT2D eigenvalue weighted by atomic mass is 35.5. The van der Waals surface area contributed by atoms with Crippen molar-refractivity contribution in [1.82, 2.24) is 20.6 Å². The monoisotopic (exact) mass is 952 g/mol. The number of nitrogens with zero attached hydrogens (tertiary/aromatic N) is 4. The third kappa shape index (κ3) is 11.5. The molecule has 2 atom stereocenters. The molecule has 0 unspecified atom stereocenters. The van der Waals surface area contributed by atoms with E-state index >= 15 is 0 Å². The molecule has 346 valence electrons. The van der Waals surface area contributed by atoms with Crippen LogP contribution in [0.4, 0.5) is 0 Å². The van der Waals surface area contributed by atoms with Crippen LogP contribution >= 0.6 is 23.2 Å². The van der Waals surface area contributed by atoms with Gasteiger partial charge in [0.2, 0.25) is 0 Å². The molecule has 2 aliphatic rings. The molecule has 14 nitrogen and oxygen atoms in total. The molecule has 0 aliphatic carbocycles. The predicted octanol–water partition coefficient (Wildman–Crippen LogP) is 8.94. The molecule has 8 rings (SSSR count). The van der Waals surface area contributed by atoms with Gasteiger partial charge in [-0.05, 0) is 71.5 Å². The Morgan fingerprint density at radius 3 is 1.41 bits per heavy atom.